The highest BCUT2D eigenvalue weighted by Gasteiger charge is 2.47. The summed E-state index contributed by atoms with van der Waals surface area (Å²) in [4.78, 5) is 61.6. The first-order valence-corrected chi connectivity index (χ1v) is 32.8. The van der Waals surface area contributed by atoms with Crippen molar-refractivity contribution < 1.29 is 129 Å². The van der Waals surface area contributed by atoms with Crippen LogP contribution in [0.3, 0.4) is 0 Å². The minimum Gasteiger partial charge on any atom is -0.480 e. The van der Waals surface area contributed by atoms with Gasteiger partial charge >= 0.3 is 48.8 Å². The van der Waals surface area contributed by atoms with Gasteiger partial charge in [0.2, 0.25) is 0 Å². The van der Waals surface area contributed by atoms with Crippen LogP contribution >= 0.6 is 11.8 Å². The second kappa shape index (κ2) is 31.9. The van der Waals surface area contributed by atoms with E-state index in [9.17, 15) is 110 Å². The first kappa shape index (κ1) is 86.1. The maximum atomic E-state index is 12.8. The van der Waals surface area contributed by atoms with Crippen molar-refractivity contribution in [2.75, 3.05) is 18.9 Å². The number of thioether (sulfide) groups is 1. The molecule has 0 radical (unpaired) electrons. The van der Waals surface area contributed by atoms with Gasteiger partial charge in [-0.05, 0) is 130 Å². The molecule has 98 heavy (non-hydrogen) atoms. The van der Waals surface area contributed by atoms with Gasteiger partial charge in [-0.25, -0.2) is 30.2 Å². The van der Waals surface area contributed by atoms with Crippen LogP contribution in [0.1, 0.15) is 130 Å². The SMILES string of the molecule is CC(C)(C(=O)O)S(=O)(=O)c1ccc(C(F)(F)F)nc1.CC(C)(C)c1cc(CC(=O)C(C)(C)S(=O)(=O)c2ccc(C(F)(F)F)nc2)no1.CCOC(=O)C(C)(C)S(=O)(=O)c1ccc(C(F)(F)F)nc1.CCOC(=O)C(C)(C)Sc1ccc(C(F)(F)F)nc1.Nc1ccc(C(F)(F)F)nc1. The number of aromatic nitrogens is 6. The summed E-state index contributed by atoms with van der Waals surface area (Å²) in [6.45, 7) is 19.0. The normalized spacial score (nSPS) is 12.9. The van der Waals surface area contributed by atoms with Crippen LogP contribution in [0.5, 0.6) is 0 Å². The number of carbonyl (C=O) groups excluding carboxylic acids is 3. The zero-order valence-electron chi connectivity index (χ0n) is 53.7. The molecule has 6 rings (SSSR count). The van der Waals surface area contributed by atoms with Crippen LogP contribution in [0.25, 0.3) is 0 Å². The molecule has 21 nitrogen and oxygen atoms in total. The summed E-state index contributed by atoms with van der Waals surface area (Å²) in [6.07, 6.45) is -19.4. The Morgan fingerprint density at radius 2 is 0.796 bits per heavy atom. The predicted octanol–water partition coefficient (Wildman–Crippen LogP) is 12.9. The van der Waals surface area contributed by atoms with E-state index in [1.54, 1.807) is 26.8 Å². The molecule has 0 saturated heterocycles. The second-order valence-electron chi connectivity index (χ2n) is 22.9. The molecule has 0 amide bonds. The summed E-state index contributed by atoms with van der Waals surface area (Å²) >= 11 is 1.11. The van der Waals surface area contributed by atoms with Gasteiger partial charge in [-0.1, -0.05) is 25.9 Å². The summed E-state index contributed by atoms with van der Waals surface area (Å²) in [5.74, 6) is -3.12. The van der Waals surface area contributed by atoms with Crippen LogP contribution in [-0.4, -0.2) is 116 Å². The fraction of sp³-hybridized carbons (Fsp3) is 0.448. The number of anilines is 1. The molecule has 6 aromatic rings. The van der Waals surface area contributed by atoms with E-state index in [2.05, 4.69) is 34.8 Å². The van der Waals surface area contributed by atoms with Gasteiger partial charge in [-0.15, -0.1) is 11.8 Å². The molecule has 0 fully saturated rings. The van der Waals surface area contributed by atoms with Crippen LogP contribution in [0, 0.1) is 0 Å². The van der Waals surface area contributed by atoms with Crippen molar-refractivity contribution in [2.24, 2.45) is 0 Å². The number of carboxylic acid groups (broad SMARTS) is 1. The number of nitrogens with two attached hydrogens (primary N) is 1. The molecule has 0 unspecified atom stereocenters. The van der Waals surface area contributed by atoms with E-state index in [-0.39, 0.29) is 36.4 Å². The lowest BCUT2D eigenvalue weighted by Crippen LogP contribution is -2.42. The van der Waals surface area contributed by atoms with Gasteiger partial charge in [0.15, 0.2) is 44.8 Å². The highest BCUT2D eigenvalue weighted by atomic mass is 32.2. The van der Waals surface area contributed by atoms with Gasteiger partial charge in [0, 0.05) is 41.2 Å². The number of hydrogen-bond acceptors (Lipinski definition) is 21. The van der Waals surface area contributed by atoms with Crippen molar-refractivity contribution in [3.8, 4) is 0 Å². The topological polar surface area (TPSA) is 326 Å². The van der Waals surface area contributed by atoms with E-state index in [0.29, 0.717) is 53.5 Å². The minimum absolute atomic E-state index is 0.0109. The number of carbonyl (C=O) groups is 4. The van der Waals surface area contributed by atoms with Gasteiger partial charge in [-0.3, -0.25) is 39.1 Å². The number of hydrogen-bond donors (Lipinski definition) is 2. The number of halogens is 15. The van der Waals surface area contributed by atoms with Crippen LogP contribution < -0.4 is 5.73 Å². The summed E-state index contributed by atoms with van der Waals surface area (Å²) in [5, 5.41) is 12.6. The summed E-state index contributed by atoms with van der Waals surface area (Å²) in [5.41, 5.74) is -0.245. The van der Waals surface area contributed by atoms with E-state index in [4.69, 9.17) is 20.1 Å². The van der Waals surface area contributed by atoms with Crippen LogP contribution in [0.2, 0.25) is 0 Å². The number of ketones is 1. The number of nitrogen functional groups attached to an aromatic ring is 1. The Morgan fingerprint density at radius 3 is 1.08 bits per heavy atom. The lowest BCUT2D eigenvalue weighted by Gasteiger charge is -2.23. The van der Waals surface area contributed by atoms with E-state index in [1.165, 1.54) is 26.8 Å². The molecule has 40 heteroatoms. The lowest BCUT2D eigenvalue weighted by molar-refractivity contribution is -0.146. The number of esters is 2. The largest absolute Gasteiger partial charge is 0.480 e. The number of aliphatic carboxylic acids is 1. The van der Waals surface area contributed by atoms with Crippen molar-refractivity contribution in [2.45, 2.75) is 171 Å². The summed E-state index contributed by atoms with van der Waals surface area (Å²) in [6, 6.07) is 9.64. The number of pyridine rings is 5. The van der Waals surface area contributed by atoms with Gasteiger partial charge in [-0.2, -0.15) is 65.9 Å². The van der Waals surface area contributed by atoms with Crippen molar-refractivity contribution in [3.05, 3.63) is 138 Å². The van der Waals surface area contributed by atoms with Gasteiger partial charge in [0.1, 0.15) is 43.7 Å². The Labute approximate surface area is 555 Å². The third-order valence-electron chi connectivity index (χ3n) is 12.9. The van der Waals surface area contributed by atoms with E-state index in [1.807, 2.05) is 20.8 Å². The highest BCUT2D eigenvalue weighted by molar-refractivity contribution is 8.01. The van der Waals surface area contributed by atoms with Crippen molar-refractivity contribution in [3.63, 3.8) is 0 Å². The molecule has 6 aromatic heterocycles. The number of carboxylic acids is 1. The second-order valence-corrected chi connectivity index (χ2v) is 32.1. The number of alkyl halides is 15. The maximum absolute atomic E-state index is 12.8. The van der Waals surface area contributed by atoms with Crippen molar-refractivity contribution in [1.29, 1.82) is 0 Å². The molecule has 544 valence electrons. The molecule has 3 N–H and O–H groups in total. The first-order valence-electron chi connectivity index (χ1n) is 27.5. The molecule has 0 saturated carbocycles. The van der Waals surface area contributed by atoms with Crippen LogP contribution in [0.4, 0.5) is 71.5 Å². The van der Waals surface area contributed by atoms with E-state index < -0.39 is 146 Å². The predicted molar refractivity (Wildman–Crippen MR) is 319 cm³/mol. The maximum Gasteiger partial charge on any atom is 0.433 e. The first-order chi connectivity index (χ1) is 44.1. The molecule has 0 bridgehead atoms. The molecule has 6 heterocycles. The lowest BCUT2D eigenvalue weighted by atomic mass is 9.92. The molecular weight excluding hydrogens is 1430 g/mol. The smallest absolute Gasteiger partial charge is 0.433 e. The fourth-order valence-electron chi connectivity index (χ4n) is 6.63. The number of Topliss-reactive ketones (excluding diaryl/α,β-unsaturated/α-hetero) is 1. The Balaban J connectivity index is 0.000000427. The third-order valence-corrected chi connectivity index (χ3v) is 21.2. The molecule has 0 aliphatic heterocycles. The molecular formula is C58H64F15N7O14S4. The fourth-order valence-corrected chi connectivity index (χ4v) is 11.6. The van der Waals surface area contributed by atoms with E-state index in [0.717, 1.165) is 82.2 Å². The summed E-state index contributed by atoms with van der Waals surface area (Å²) < 4.78 is 266. The molecule has 0 aromatic carbocycles. The van der Waals surface area contributed by atoms with Gasteiger partial charge in [0.25, 0.3) is 0 Å². The number of rotatable bonds is 16. The average molecular weight is 1500 g/mol. The molecule has 0 spiro atoms. The standard InChI is InChI=1S/C18H21F3N2O4S.C12H14F3NO4S.C12H14F3NO2S.C10H10F3NO4S.C6H5F3N2/c1-16(2,3)15-9-11(23-27-15)8-14(24)17(4,5)28(25,26)12-6-7-13(22-10-12)18(19,20)21;1-4-20-10(17)11(2,3)21(18,19)8-5-6-9(16-7-8)12(13,14)15;1-4-18-10(17)11(2,3)19-8-5-6-9(16-7-8)12(13,14)15;1-9(2,8(15)16)19(17,18)6-3-4-7(14-5-6)10(11,12)13;7-6(8,9)5-2-1-4(10)3-11-5/h6-7,9-10H,8H2,1-5H3;5-7H,4H2,1-3H3;5-7H,4H2,1-3H3;3-5H,1-2H3,(H,15,16);1-3H,10H2. The zero-order valence-corrected chi connectivity index (χ0v) is 56.9. The van der Waals surface area contributed by atoms with Gasteiger partial charge < -0.3 is 24.8 Å². The molecule has 0 atom stereocenters. The highest BCUT2D eigenvalue weighted by Crippen LogP contribution is 2.38. The van der Waals surface area contributed by atoms with E-state index >= 15 is 0 Å². The monoisotopic (exact) mass is 1500 g/mol. The quantitative estimate of drug-likeness (QED) is 0.0516. The Hall–Kier alpha value is -8.01. The number of sulfone groups is 3. The van der Waals surface area contributed by atoms with Gasteiger partial charge in [0.05, 0.1) is 51.9 Å². The zero-order chi connectivity index (χ0) is 76.2. The van der Waals surface area contributed by atoms with Crippen LogP contribution in [-0.2, 0) is 101 Å². The average Bonchev–Trinajstić information content (AvgIpc) is 0.908. The van der Waals surface area contributed by atoms with Crippen molar-refractivity contribution in [1.82, 2.24) is 30.1 Å². The Kier molecular flexibility index (Phi) is 28.0. The summed E-state index contributed by atoms with van der Waals surface area (Å²) in [7, 11) is -12.8. The third kappa shape index (κ3) is 22.8. The Morgan fingerprint density at radius 1 is 0.469 bits per heavy atom. The molecule has 0 aliphatic rings. The van der Waals surface area contributed by atoms with Crippen molar-refractivity contribution >= 4 is 70.7 Å². The Bertz CT molecular complexity index is 4050. The number of nitrogens with zero attached hydrogens (tertiary/aromatic N) is 6. The van der Waals surface area contributed by atoms with Crippen LogP contribution in [0.15, 0.2) is 122 Å². The number of ether oxygens (including phenoxy) is 2. The minimum atomic E-state index is -4.69. The molecule has 0 aliphatic carbocycles.